The Labute approximate surface area is 172 Å². The number of esters is 1. The van der Waals surface area contributed by atoms with Gasteiger partial charge in [0.1, 0.15) is 5.69 Å². The summed E-state index contributed by atoms with van der Waals surface area (Å²) < 4.78 is 5.15. The number of Topliss-reactive ketones (excluding diaryl/α,β-unsaturated/α-hetero) is 1. The molecule has 0 saturated heterocycles. The van der Waals surface area contributed by atoms with Gasteiger partial charge in [-0.25, -0.2) is 4.79 Å². The Kier molecular flexibility index (Phi) is 6.10. The van der Waals surface area contributed by atoms with Gasteiger partial charge in [-0.1, -0.05) is 0 Å². The van der Waals surface area contributed by atoms with Crippen LogP contribution >= 0.6 is 0 Å². The second kappa shape index (κ2) is 8.73. The van der Waals surface area contributed by atoms with E-state index in [0.717, 1.165) is 18.9 Å². The van der Waals surface area contributed by atoms with E-state index in [-0.39, 0.29) is 23.1 Å². The summed E-state index contributed by atoms with van der Waals surface area (Å²) in [6.07, 6.45) is 0.768. The SMILES string of the molecule is CC(=O)c1ccc(NC(=O)[C@@H](C)OC(=O)c2ccc(NC3CC3)c([N+](=O)[O-])c2)cc1. The number of nitrogens with zero attached hydrogens (tertiary/aromatic N) is 1. The van der Waals surface area contributed by atoms with Gasteiger partial charge in [-0.05, 0) is 63.1 Å². The van der Waals surface area contributed by atoms with Gasteiger partial charge in [-0.2, -0.15) is 0 Å². The van der Waals surface area contributed by atoms with Gasteiger partial charge < -0.3 is 15.4 Å². The molecule has 0 heterocycles. The number of carbonyl (C=O) groups is 3. The van der Waals surface area contributed by atoms with Gasteiger partial charge in [-0.3, -0.25) is 19.7 Å². The number of ether oxygens (including phenoxy) is 1. The first-order valence-electron chi connectivity index (χ1n) is 9.42. The van der Waals surface area contributed by atoms with Crippen LogP contribution in [0.3, 0.4) is 0 Å². The molecule has 3 rings (SSSR count). The molecular formula is C21H21N3O6. The predicted octanol–water partition coefficient (Wildman–Crippen LogP) is 3.56. The first-order valence-corrected chi connectivity index (χ1v) is 9.42. The number of nitro groups is 1. The van der Waals surface area contributed by atoms with Crippen LogP contribution in [0, 0.1) is 10.1 Å². The quantitative estimate of drug-likeness (QED) is 0.294. The van der Waals surface area contributed by atoms with E-state index in [4.69, 9.17) is 4.74 Å². The number of amides is 1. The minimum atomic E-state index is -1.13. The fourth-order valence-corrected chi connectivity index (χ4v) is 2.69. The third-order valence-electron chi connectivity index (χ3n) is 4.58. The highest BCUT2D eigenvalue weighted by molar-refractivity contribution is 5.98. The van der Waals surface area contributed by atoms with E-state index in [1.165, 1.54) is 26.0 Å². The third kappa shape index (κ3) is 5.19. The van der Waals surface area contributed by atoms with Crippen LogP contribution in [0.4, 0.5) is 17.1 Å². The molecule has 9 nitrogen and oxygen atoms in total. The first-order chi connectivity index (χ1) is 14.2. The van der Waals surface area contributed by atoms with E-state index in [2.05, 4.69) is 10.6 Å². The van der Waals surface area contributed by atoms with Crippen LogP contribution in [-0.4, -0.2) is 34.7 Å². The standard InChI is InChI=1S/C21H21N3O6/c1-12(25)14-3-6-17(7-4-14)23-20(26)13(2)30-21(27)15-5-10-18(22-16-8-9-16)19(11-15)24(28)29/h3-7,10-11,13,16,22H,8-9H2,1-2H3,(H,23,26)/t13-/m1/s1. The summed E-state index contributed by atoms with van der Waals surface area (Å²) >= 11 is 0. The van der Waals surface area contributed by atoms with Gasteiger partial charge in [0.25, 0.3) is 11.6 Å². The smallest absolute Gasteiger partial charge is 0.339 e. The number of rotatable bonds is 8. The summed E-state index contributed by atoms with van der Waals surface area (Å²) in [5.41, 5.74) is 1.05. The molecule has 156 valence electrons. The number of ketones is 1. The Morgan fingerprint density at radius 1 is 1.10 bits per heavy atom. The molecule has 9 heteroatoms. The molecule has 2 N–H and O–H groups in total. The zero-order chi connectivity index (χ0) is 21.8. The Morgan fingerprint density at radius 2 is 1.73 bits per heavy atom. The summed E-state index contributed by atoms with van der Waals surface area (Å²) in [5, 5.41) is 17.0. The van der Waals surface area contributed by atoms with Crippen molar-refractivity contribution in [3.8, 4) is 0 Å². The van der Waals surface area contributed by atoms with E-state index >= 15 is 0 Å². The molecule has 2 aromatic carbocycles. The number of hydrogen-bond acceptors (Lipinski definition) is 7. The predicted molar refractivity (Wildman–Crippen MR) is 110 cm³/mol. The van der Waals surface area contributed by atoms with Crippen LogP contribution in [-0.2, 0) is 9.53 Å². The van der Waals surface area contributed by atoms with Crippen LogP contribution in [0.2, 0.25) is 0 Å². The zero-order valence-corrected chi connectivity index (χ0v) is 16.5. The van der Waals surface area contributed by atoms with Crippen molar-refractivity contribution in [2.24, 2.45) is 0 Å². The second-order valence-electron chi connectivity index (χ2n) is 7.08. The maximum absolute atomic E-state index is 12.4. The van der Waals surface area contributed by atoms with E-state index in [0.29, 0.717) is 16.9 Å². The molecule has 0 aliphatic heterocycles. The minimum absolute atomic E-state index is 0.0199. The summed E-state index contributed by atoms with van der Waals surface area (Å²) in [5.74, 6) is -1.51. The molecule has 0 unspecified atom stereocenters. The topological polar surface area (TPSA) is 128 Å². The van der Waals surface area contributed by atoms with Crippen molar-refractivity contribution < 1.29 is 24.0 Å². The van der Waals surface area contributed by atoms with Gasteiger partial charge in [0.15, 0.2) is 11.9 Å². The summed E-state index contributed by atoms with van der Waals surface area (Å²) in [7, 11) is 0. The lowest BCUT2D eigenvalue weighted by molar-refractivity contribution is -0.384. The molecular weight excluding hydrogens is 390 g/mol. The monoisotopic (exact) mass is 411 g/mol. The number of nitrogens with one attached hydrogen (secondary N) is 2. The largest absolute Gasteiger partial charge is 0.449 e. The average Bonchev–Trinajstić information content (AvgIpc) is 3.52. The second-order valence-corrected chi connectivity index (χ2v) is 7.08. The summed E-state index contributed by atoms with van der Waals surface area (Å²) in [4.78, 5) is 46.7. The van der Waals surface area contributed by atoms with E-state index in [1.54, 1.807) is 24.3 Å². The molecule has 1 amide bonds. The van der Waals surface area contributed by atoms with Crippen molar-refractivity contribution in [2.45, 2.75) is 38.8 Å². The van der Waals surface area contributed by atoms with Crippen LogP contribution in [0.5, 0.6) is 0 Å². The van der Waals surface area contributed by atoms with Crippen LogP contribution in [0.25, 0.3) is 0 Å². The maximum Gasteiger partial charge on any atom is 0.339 e. The van der Waals surface area contributed by atoms with E-state index in [9.17, 15) is 24.5 Å². The van der Waals surface area contributed by atoms with Crippen LogP contribution in [0.15, 0.2) is 42.5 Å². The number of anilines is 2. The Hall–Kier alpha value is -3.75. The Balaban J connectivity index is 1.64. The average molecular weight is 411 g/mol. The maximum atomic E-state index is 12.4. The van der Waals surface area contributed by atoms with Gasteiger partial charge in [-0.15, -0.1) is 0 Å². The lowest BCUT2D eigenvalue weighted by atomic mass is 10.1. The van der Waals surface area contributed by atoms with Gasteiger partial charge >= 0.3 is 5.97 Å². The molecule has 0 spiro atoms. The van der Waals surface area contributed by atoms with Crippen molar-refractivity contribution in [1.29, 1.82) is 0 Å². The van der Waals surface area contributed by atoms with Crippen LogP contribution in [0.1, 0.15) is 47.4 Å². The van der Waals surface area contributed by atoms with Crippen molar-refractivity contribution in [2.75, 3.05) is 10.6 Å². The molecule has 0 aromatic heterocycles. The highest BCUT2D eigenvalue weighted by Gasteiger charge is 2.26. The highest BCUT2D eigenvalue weighted by Crippen LogP contribution is 2.31. The number of hydrogen-bond donors (Lipinski definition) is 2. The lowest BCUT2D eigenvalue weighted by Crippen LogP contribution is -2.30. The fourth-order valence-electron chi connectivity index (χ4n) is 2.69. The zero-order valence-electron chi connectivity index (χ0n) is 16.5. The number of nitro benzene ring substituents is 1. The molecule has 1 fully saturated rings. The third-order valence-corrected chi connectivity index (χ3v) is 4.58. The molecule has 1 atom stereocenters. The van der Waals surface area contributed by atoms with Crippen molar-refractivity contribution >= 4 is 34.7 Å². The first kappa shape index (κ1) is 21.0. The highest BCUT2D eigenvalue weighted by atomic mass is 16.6. The Bertz CT molecular complexity index is 998. The molecule has 0 bridgehead atoms. The number of carbonyl (C=O) groups excluding carboxylic acids is 3. The molecule has 1 aliphatic carbocycles. The molecule has 0 radical (unpaired) electrons. The van der Waals surface area contributed by atoms with Crippen LogP contribution < -0.4 is 10.6 Å². The van der Waals surface area contributed by atoms with Crippen molar-refractivity contribution in [3.63, 3.8) is 0 Å². The lowest BCUT2D eigenvalue weighted by Gasteiger charge is -2.14. The molecule has 30 heavy (non-hydrogen) atoms. The van der Waals surface area contributed by atoms with Gasteiger partial charge in [0, 0.05) is 23.4 Å². The van der Waals surface area contributed by atoms with E-state index in [1.807, 2.05) is 0 Å². The van der Waals surface area contributed by atoms with Crippen molar-refractivity contribution in [1.82, 2.24) is 0 Å². The summed E-state index contributed by atoms with van der Waals surface area (Å²) in [6, 6.07) is 10.5. The molecule has 1 aliphatic rings. The minimum Gasteiger partial charge on any atom is -0.449 e. The molecule has 1 saturated carbocycles. The Morgan fingerprint density at radius 3 is 2.30 bits per heavy atom. The fraction of sp³-hybridized carbons (Fsp3) is 0.286. The van der Waals surface area contributed by atoms with Gasteiger partial charge in [0.05, 0.1) is 10.5 Å². The van der Waals surface area contributed by atoms with Crippen molar-refractivity contribution in [3.05, 3.63) is 63.7 Å². The van der Waals surface area contributed by atoms with Gasteiger partial charge in [0.2, 0.25) is 0 Å². The molecule has 2 aromatic rings. The normalized spacial score (nSPS) is 13.8. The number of benzene rings is 2. The van der Waals surface area contributed by atoms with E-state index < -0.39 is 22.9 Å². The summed E-state index contributed by atoms with van der Waals surface area (Å²) in [6.45, 7) is 2.84.